The average Bonchev–Trinajstić information content (AvgIpc) is 3.42. The molecule has 142 valence electrons. The monoisotopic (exact) mass is 371 g/mol. The van der Waals surface area contributed by atoms with Crippen molar-refractivity contribution in [2.24, 2.45) is 5.92 Å². The Hall–Kier alpha value is -2.90. The fourth-order valence-electron chi connectivity index (χ4n) is 3.44. The summed E-state index contributed by atoms with van der Waals surface area (Å²) in [4.78, 5) is 49.3. The molecule has 1 unspecified atom stereocenters. The third-order valence-corrected chi connectivity index (χ3v) is 5.19. The molecule has 2 N–H and O–H groups in total. The summed E-state index contributed by atoms with van der Waals surface area (Å²) >= 11 is 0. The van der Waals surface area contributed by atoms with Crippen LogP contribution in [0.3, 0.4) is 0 Å². The van der Waals surface area contributed by atoms with Crippen molar-refractivity contribution >= 4 is 23.8 Å². The topological polar surface area (TPSA) is 105 Å². The fourth-order valence-corrected chi connectivity index (χ4v) is 3.44. The molecule has 0 spiro atoms. The Balaban J connectivity index is 1.38. The van der Waals surface area contributed by atoms with Gasteiger partial charge in [0.1, 0.15) is 12.6 Å². The van der Waals surface area contributed by atoms with Gasteiger partial charge in [-0.3, -0.25) is 19.7 Å². The number of nitrogens with one attached hydrogen (secondary N) is 2. The molecule has 2 fully saturated rings. The highest BCUT2D eigenvalue weighted by atomic mass is 16.5. The number of alkyl carbamates (subject to hydrolysis) is 1. The van der Waals surface area contributed by atoms with Gasteiger partial charge in [-0.2, -0.15) is 0 Å². The minimum Gasteiger partial charge on any atom is -0.445 e. The molecule has 0 radical (unpaired) electrons. The predicted octanol–water partition coefficient (Wildman–Crippen LogP) is 1.08. The minimum atomic E-state index is -0.629. The average molecular weight is 371 g/mol. The van der Waals surface area contributed by atoms with Crippen LogP contribution in [-0.4, -0.2) is 41.3 Å². The lowest BCUT2D eigenvalue weighted by atomic mass is 10.0. The van der Waals surface area contributed by atoms with Crippen LogP contribution >= 0.6 is 0 Å². The van der Waals surface area contributed by atoms with Crippen molar-refractivity contribution < 1.29 is 23.9 Å². The number of imide groups is 1. The standard InChI is InChI=1S/C19H21N3O5/c23-16-6-5-15(17(24)21-16)22-9-13-4-3-12(7-14(13)18(22)25)10-27-19(26)20-8-11-1-2-11/h3-4,7,11,15H,1-2,5-6,8-10H2,(H,20,26)(H,21,23,24). The number of carbonyl (C=O) groups is 4. The minimum absolute atomic E-state index is 0.0788. The van der Waals surface area contributed by atoms with Crippen LogP contribution in [0.25, 0.3) is 0 Å². The van der Waals surface area contributed by atoms with Gasteiger partial charge in [0.05, 0.1) is 0 Å². The summed E-state index contributed by atoms with van der Waals surface area (Å²) in [5.74, 6) is -0.393. The molecule has 3 aliphatic rings. The van der Waals surface area contributed by atoms with Gasteiger partial charge in [0.15, 0.2) is 0 Å². The first-order valence-electron chi connectivity index (χ1n) is 9.18. The number of rotatable bonds is 5. The summed E-state index contributed by atoms with van der Waals surface area (Å²) in [7, 11) is 0. The van der Waals surface area contributed by atoms with Crippen LogP contribution in [0.4, 0.5) is 4.79 Å². The van der Waals surface area contributed by atoms with E-state index in [0.717, 1.165) is 18.4 Å². The summed E-state index contributed by atoms with van der Waals surface area (Å²) in [5.41, 5.74) is 2.06. The molecule has 1 aromatic rings. The van der Waals surface area contributed by atoms with Gasteiger partial charge < -0.3 is 15.0 Å². The van der Waals surface area contributed by atoms with E-state index in [1.54, 1.807) is 6.07 Å². The lowest BCUT2D eigenvalue weighted by Crippen LogP contribution is -2.52. The van der Waals surface area contributed by atoms with E-state index in [4.69, 9.17) is 4.74 Å². The molecule has 2 heterocycles. The lowest BCUT2D eigenvalue weighted by Gasteiger charge is -2.29. The molecule has 8 heteroatoms. The molecule has 8 nitrogen and oxygen atoms in total. The van der Waals surface area contributed by atoms with E-state index in [1.807, 2.05) is 12.1 Å². The first-order chi connectivity index (χ1) is 13.0. The Kier molecular flexibility index (Phi) is 4.55. The van der Waals surface area contributed by atoms with Crippen molar-refractivity contribution in [1.82, 2.24) is 15.5 Å². The molecular weight excluding hydrogens is 350 g/mol. The maximum Gasteiger partial charge on any atom is 0.407 e. The van der Waals surface area contributed by atoms with Crippen LogP contribution in [0.15, 0.2) is 18.2 Å². The summed E-state index contributed by atoms with van der Waals surface area (Å²) in [6, 6.07) is 4.71. The van der Waals surface area contributed by atoms with Crippen molar-refractivity contribution in [3.63, 3.8) is 0 Å². The van der Waals surface area contributed by atoms with Crippen molar-refractivity contribution in [2.75, 3.05) is 6.54 Å². The molecule has 4 amide bonds. The molecule has 1 aliphatic carbocycles. The zero-order valence-electron chi connectivity index (χ0n) is 14.8. The quantitative estimate of drug-likeness (QED) is 0.754. The van der Waals surface area contributed by atoms with Gasteiger partial charge in [-0.15, -0.1) is 0 Å². The number of nitrogens with zero attached hydrogens (tertiary/aromatic N) is 1. The van der Waals surface area contributed by atoms with Crippen LogP contribution in [-0.2, 0) is 27.5 Å². The Bertz CT molecular complexity index is 818. The second kappa shape index (κ2) is 7.02. The van der Waals surface area contributed by atoms with E-state index < -0.39 is 18.0 Å². The summed E-state index contributed by atoms with van der Waals surface area (Å²) in [6.45, 7) is 1.06. The largest absolute Gasteiger partial charge is 0.445 e. The number of piperidine rings is 1. The van der Waals surface area contributed by atoms with E-state index in [9.17, 15) is 19.2 Å². The maximum atomic E-state index is 12.7. The SMILES string of the molecule is O=C1CCC(N2Cc3ccc(COC(=O)NCC4CC4)cc3C2=O)C(=O)N1. The van der Waals surface area contributed by atoms with Crippen molar-refractivity contribution in [3.05, 3.63) is 34.9 Å². The highest BCUT2D eigenvalue weighted by molar-refractivity contribution is 6.05. The zero-order valence-corrected chi connectivity index (χ0v) is 14.8. The predicted molar refractivity (Wildman–Crippen MR) is 93.4 cm³/mol. The molecule has 27 heavy (non-hydrogen) atoms. The highest BCUT2D eigenvalue weighted by Gasteiger charge is 2.39. The number of ether oxygens (including phenoxy) is 1. The lowest BCUT2D eigenvalue weighted by molar-refractivity contribution is -0.136. The van der Waals surface area contributed by atoms with E-state index in [1.165, 1.54) is 4.90 Å². The van der Waals surface area contributed by atoms with E-state index in [-0.39, 0.29) is 24.8 Å². The van der Waals surface area contributed by atoms with Gasteiger partial charge in [-0.25, -0.2) is 4.79 Å². The first kappa shape index (κ1) is 17.5. The molecule has 1 saturated carbocycles. The Morgan fingerprint density at radius 1 is 1.22 bits per heavy atom. The van der Waals surface area contributed by atoms with Crippen LogP contribution in [0.1, 0.15) is 47.2 Å². The molecule has 1 saturated heterocycles. The third kappa shape index (κ3) is 3.79. The van der Waals surface area contributed by atoms with Gasteiger partial charge in [0.2, 0.25) is 11.8 Å². The Labute approximate surface area is 156 Å². The maximum absolute atomic E-state index is 12.7. The van der Waals surface area contributed by atoms with E-state index in [0.29, 0.717) is 36.6 Å². The third-order valence-electron chi connectivity index (χ3n) is 5.19. The second-order valence-corrected chi connectivity index (χ2v) is 7.29. The molecule has 2 aliphatic heterocycles. The van der Waals surface area contributed by atoms with Gasteiger partial charge in [-0.05, 0) is 42.4 Å². The fraction of sp³-hybridized carbons (Fsp3) is 0.474. The number of fused-ring (bicyclic) bond motifs is 1. The van der Waals surface area contributed by atoms with Crippen molar-refractivity contribution in [1.29, 1.82) is 0 Å². The van der Waals surface area contributed by atoms with Crippen LogP contribution in [0, 0.1) is 5.92 Å². The molecule has 1 aromatic carbocycles. The van der Waals surface area contributed by atoms with Gasteiger partial charge in [0, 0.05) is 25.1 Å². The number of hydrogen-bond donors (Lipinski definition) is 2. The van der Waals surface area contributed by atoms with Crippen LogP contribution < -0.4 is 10.6 Å². The van der Waals surface area contributed by atoms with E-state index >= 15 is 0 Å². The van der Waals surface area contributed by atoms with Crippen LogP contribution in [0.5, 0.6) is 0 Å². The number of amides is 4. The Morgan fingerprint density at radius 2 is 2.04 bits per heavy atom. The molecule has 0 bridgehead atoms. The summed E-state index contributed by atoms with van der Waals surface area (Å²) in [6.07, 6.45) is 2.40. The Morgan fingerprint density at radius 3 is 2.78 bits per heavy atom. The van der Waals surface area contributed by atoms with E-state index in [2.05, 4.69) is 10.6 Å². The number of hydrogen-bond acceptors (Lipinski definition) is 5. The molecule has 1 atom stereocenters. The van der Waals surface area contributed by atoms with Gasteiger partial charge in [0.25, 0.3) is 5.91 Å². The number of benzene rings is 1. The van der Waals surface area contributed by atoms with Crippen molar-refractivity contribution in [2.45, 2.75) is 44.9 Å². The summed E-state index contributed by atoms with van der Waals surface area (Å²) < 4.78 is 5.20. The second-order valence-electron chi connectivity index (χ2n) is 7.29. The van der Waals surface area contributed by atoms with Gasteiger partial charge in [-0.1, -0.05) is 12.1 Å². The molecule has 4 rings (SSSR count). The van der Waals surface area contributed by atoms with Gasteiger partial charge >= 0.3 is 6.09 Å². The smallest absolute Gasteiger partial charge is 0.407 e. The highest BCUT2D eigenvalue weighted by Crippen LogP contribution is 2.29. The summed E-state index contributed by atoms with van der Waals surface area (Å²) in [5, 5.41) is 5.01. The van der Waals surface area contributed by atoms with Crippen LogP contribution in [0.2, 0.25) is 0 Å². The molecular formula is C19H21N3O5. The molecule has 0 aromatic heterocycles. The number of carbonyl (C=O) groups excluding carboxylic acids is 4. The first-order valence-corrected chi connectivity index (χ1v) is 9.18. The van der Waals surface area contributed by atoms with Crippen molar-refractivity contribution in [3.8, 4) is 0 Å². The zero-order chi connectivity index (χ0) is 19.0. The normalized spacial score (nSPS) is 21.7.